The van der Waals surface area contributed by atoms with Crippen molar-refractivity contribution in [3.8, 4) is 0 Å². The first-order valence-corrected chi connectivity index (χ1v) is 5.72. The minimum absolute atomic E-state index is 0.200. The lowest BCUT2D eigenvalue weighted by Gasteiger charge is -2.14. The molecule has 2 aromatic rings. The highest BCUT2D eigenvalue weighted by Crippen LogP contribution is 2.31. The van der Waals surface area contributed by atoms with E-state index in [0.29, 0.717) is 17.9 Å². The van der Waals surface area contributed by atoms with E-state index in [0.717, 1.165) is 5.39 Å². The van der Waals surface area contributed by atoms with Crippen molar-refractivity contribution in [2.45, 2.75) is 24.9 Å². The second kappa shape index (κ2) is 4.20. The van der Waals surface area contributed by atoms with Crippen molar-refractivity contribution >= 4 is 16.9 Å². The van der Waals surface area contributed by atoms with Gasteiger partial charge in [0.05, 0.1) is 18.1 Å². The Bertz CT molecular complexity index is 570. The van der Waals surface area contributed by atoms with Gasteiger partial charge in [0.25, 0.3) is 0 Å². The molecule has 1 unspecified atom stereocenters. The number of aliphatic hydroxyl groups excluding tert-OH is 2. The quantitative estimate of drug-likeness (QED) is 0.673. The average molecular weight is 250 g/mol. The molecule has 1 saturated heterocycles. The standard InChI is InChI=1S/C11H14N4O3/c12-10-6-1-2-15(11(6)14-5-13-10)9-3-7(17)8(4-16)18-9/h1-2,5,7-9,16-17H,3-4H2,(H2,12,13,14)/t7-,8?,9+/m0/s1. The molecule has 7 nitrogen and oxygen atoms in total. The van der Waals surface area contributed by atoms with Crippen LogP contribution in [0.1, 0.15) is 12.6 Å². The van der Waals surface area contributed by atoms with Gasteiger partial charge in [-0.1, -0.05) is 0 Å². The molecule has 0 saturated carbocycles. The van der Waals surface area contributed by atoms with Gasteiger partial charge in [0.2, 0.25) is 0 Å². The maximum atomic E-state index is 9.73. The number of nitrogens with two attached hydrogens (primary N) is 1. The lowest BCUT2D eigenvalue weighted by atomic mass is 10.2. The van der Waals surface area contributed by atoms with E-state index >= 15 is 0 Å². The van der Waals surface area contributed by atoms with Crippen molar-refractivity contribution in [2.24, 2.45) is 0 Å². The number of fused-ring (bicyclic) bond motifs is 1. The highest BCUT2D eigenvalue weighted by Gasteiger charge is 2.34. The Morgan fingerprint density at radius 1 is 1.50 bits per heavy atom. The number of ether oxygens (including phenoxy) is 1. The Morgan fingerprint density at radius 2 is 2.33 bits per heavy atom. The van der Waals surface area contributed by atoms with Crippen LogP contribution >= 0.6 is 0 Å². The molecule has 0 aromatic carbocycles. The number of aliphatic hydroxyl groups is 2. The summed E-state index contributed by atoms with van der Waals surface area (Å²) >= 11 is 0. The number of hydrogen-bond donors (Lipinski definition) is 3. The van der Waals surface area contributed by atoms with Crippen LogP contribution in [-0.4, -0.2) is 43.6 Å². The highest BCUT2D eigenvalue weighted by molar-refractivity contribution is 5.86. The SMILES string of the molecule is Nc1ncnc2c1ccn2[C@H]1C[C@H](O)C(CO)O1. The molecule has 3 heterocycles. The number of anilines is 1. The van der Waals surface area contributed by atoms with Crippen LogP contribution in [0.2, 0.25) is 0 Å². The fraction of sp³-hybridized carbons (Fsp3) is 0.455. The summed E-state index contributed by atoms with van der Waals surface area (Å²) < 4.78 is 7.37. The summed E-state index contributed by atoms with van der Waals surface area (Å²) in [5, 5.41) is 19.6. The van der Waals surface area contributed by atoms with Crippen molar-refractivity contribution in [1.29, 1.82) is 0 Å². The Balaban J connectivity index is 1.99. The normalized spacial score (nSPS) is 28.0. The number of nitrogen functional groups attached to an aromatic ring is 1. The van der Waals surface area contributed by atoms with Crippen LogP contribution in [0.5, 0.6) is 0 Å². The second-order valence-corrected chi connectivity index (χ2v) is 4.33. The molecule has 1 fully saturated rings. The minimum atomic E-state index is -0.670. The Hall–Kier alpha value is -1.70. The third-order valence-electron chi connectivity index (χ3n) is 3.23. The third kappa shape index (κ3) is 1.64. The summed E-state index contributed by atoms with van der Waals surface area (Å²) in [4.78, 5) is 8.09. The van der Waals surface area contributed by atoms with Gasteiger partial charge >= 0.3 is 0 Å². The summed E-state index contributed by atoms with van der Waals surface area (Å²) in [6.45, 7) is -0.200. The Labute approximate surface area is 103 Å². The van der Waals surface area contributed by atoms with Gasteiger partial charge < -0.3 is 25.3 Å². The van der Waals surface area contributed by atoms with E-state index in [1.807, 2.05) is 6.07 Å². The first-order valence-electron chi connectivity index (χ1n) is 5.72. The zero-order chi connectivity index (χ0) is 12.7. The first kappa shape index (κ1) is 11.4. The van der Waals surface area contributed by atoms with Crippen LogP contribution in [0.25, 0.3) is 11.0 Å². The molecule has 3 atom stereocenters. The second-order valence-electron chi connectivity index (χ2n) is 4.33. The predicted molar refractivity (Wildman–Crippen MR) is 63.6 cm³/mol. The summed E-state index contributed by atoms with van der Waals surface area (Å²) in [6, 6.07) is 1.81. The van der Waals surface area contributed by atoms with E-state index < -0.39 is 12.2 Å². The van der Waals surface area contributed by atoms with Gasteiger partial charge in [0, 0.05) is 12.6 Å². The fourth-order valence-corrected chi connectivity index (χ4v) is 2.27. The number of rotatable bonds is 2. The highest BCUT2D eigenvalue weighted by atomic mass is 16.5. The molecule has 0 radical (unpaired) electrons. The monoisotopic (exact) mass is 250 g/mol. The van der Waals surface area contributed by atoms with E-state index in [1.165, 1.54) is 6.33 Å². The van der Waals surface area contributed by atoms with Gasteiger partial charge in [-0.05, 0) is 6.07 Å². The van der Waals surface area contributed by atoms with E-state index in [2.05, 4.69) is 9.97 Å². The molecule has 0 amide bonds. The van der Waals surface area contributed by atoms with E-state index in [9.17, 15) is 5.11 Å². The van der Waals surface area contributed by atoms with Crippen LogP contribution in [0.3, 0.4) is 0 Å². The van der Waals surface area contributed by atoms with Gasteiger partial charge in [0.1, 0.15) is 30.1 Å². The molecule has 3 rings (SSSR count). The van der Waals surface area contributed by atoms with Crippen molar-refractivity contribution in [3.63, 3.8) is 0 Å². The smallest absolute Gasteiger partial charge is 0.147 e. The fourth-order valence-electron chi connectivity index (χ4n) is 2.27. The number of hydrogen-bond acceptors (Lipinski definition) is 6. The van der Waals surface area contributed by atoms with Gasteiger partial charge in [-0.15, -0.1) is 0 Å². The molecule has 2 aromatic heterocycles. The first-order chi connectivity index (χ1) is 8.70. The summed E-state index contributed by atoms with van der Waals surface area (Å²) in [7, 11) is 0. The Morgan fingerprint density at radius 3 is 3.06 bits per heavy atom. The van der Waals surface area contributed by atoms with Crippen molar-refractivity contribution in [2.75, 3.05) is 12.3 Å². The number of aromatic nitrogens is 3. The molecular formula is C11H14N4O3. The maximum absolute atomic E-state index is 9.73. The van der Waals surface area contributed by atoms with Gasteiger partial charge in [0.15, 0.2) is 0 Å². The van der Waals surface area contributed by atoms with Crippen molar-refractivity contribution < 1.29 is 14.9 Å². The third-order valence-corrected chi connectivity index (χ3v) is 3.23. The van der Waals surface area contributed by atoms with Gasteiger partial charge in [-0.3, -0.25) is 0 Å². The van der Waals surface area contributed by atoms with E-state index in [1.54, 1.807) is 10.8 Å². The van der Waals surface area contributed by atoms with Crippen LogP contribution in [0.15, 0.2) is 18.6 Å². The molecule has 0 bridgehead atoms. The average Bonchev–Trinajstić information content (AvgIpc) is 2.93. The summed E-state index contributed by atoms with van der Waals surface area (Å²) in [5.74, 6) is 0.413. The van der Waals surface area contributed by atoms with Gasteiger partial charge in [-0.2, -0.15) is 0 Å². The van der Waals surface area contributed by atoms with Crippen LogP contribution in [0, 0.1) is 0 Å². The molecule has 4 N–H and O–H groups in total. The lowest BCUT2D eigenvalue weighted by Crippen LogP contribution is -2.24. The van der Waals surface area contributed by atoms with Crippen LogP contribution < -0.4 is 5.73 Å². The van der Waals surface area contributed by atoms with Gasteiger partial charge in [-0.25, -0.2) is 9.97 Å². The minimum Gasteiger partial charge on any atom is -0.394 e. The van der Waals surface area contributed by atoms with Crippen molar-refractivity contribution in [3.05, 3.63) is 18.6 Å². The molecule has 96 valence electrons. The van der Waals surface area contributed by atoms with Crippen molar-refractivity contribution in [1.82, 2.24) is 14.5 Å². The molecule has 1 aliphatic heterocycles. The molecule has 0 spiro atoms. The van der Waals surface area contributed by atoms with E-state index in [4.69, 9.17) is 15.6 Å². The zero-order valence-electron chi connectivity index (χ0n) is 9.60. The van der Waals surface area contributed by atoms with Crippen LogP contribution in [-0.2, 0) is 4.74 Å². The largest absolute Gasteiger partial charge is 0.394 e. The summed E-state index contributed by atoms with van der Waals surface area (Å²) in [5.41, 5.74) is 6.42. The molecular weight excluding hydrogens is 236 g/mol. The molecule has 7 heteroatoms. The number of nitrogens with zero attached hydrogens (tertiary/aromatic N) is 3. The zero-order valence-corrected chi connectivity index (χ0v) is 9.60. The molecule has 0 aliphatic carbocycles. The molecule has 18 heavy (non-hydrogen) atoms. The van der Waals surface area contributed by atoms with Crippen LogP contribution in [0.4, 0.5) is 5.82 Å². The topological polar surface area (TPSA) is 106 Å². The summed E-state index contributed by atoms with van der Waals surface area (Å²) in [6.07, 6.45) is 2.04. The Kier molecular flexibility index (Phi) is 2.66. The lowest BCUT2D eigenvalue weighted by molar-refractivity contribution is -0.0430. The predicted octanol–water partition coefficient (Wildman–Crippen LogP) is -0.346. The maximum Gasteiger partial charge on any atom is 0.147 e. The molecule has 1 aliphatic rings. The van der Waals surface area contributed by atoms with E-state index in [-0.39, 0.29) is 12.8 Å².